The first-order valence-electron chi connectivity index (χ1n) is 52.6. The van der Waals surface area contributed by atoms with E-state index < -0.39 is 65.1 Å². The number of β-amino-alcohol motifs (C(OH)–C–C–N with tert-alkyl or cyclic N) is 4. The molecule has 10 N–H and O–H groups in total. The number of anilines is 2. The number of thiazole rings is 2. The monoisotopic (exact) mass is 2030 g/mol. The van der Waals surface area contributed by atoms with Gasteiger partial charge in [-0.3, -0.25) is 57.7 Å². The van der Waals surface area contributed by atoms with Gasteiger partial charge in [-0.05, 0) is 121 Å². The molecule has 0 aliphatic carbocycles. The summed E-state index contributed by atoms with van der Waals surface area (Å²) in [6, 6.07) is 35.0. The third-order valence-electron chi connectivity index (χ3n) is 28.7. The number of amides is 5. The van der Waals surface area contributed by atoms with Crippen LogP contribution in [-0.4, -0.2) is 253 Å². The molecule has 33 heteroatoms. The van der Waals surface area contributed by atoms with E-state index in [-0.39, 0.29) is 117 Å². The second kappa shape index (κ2) is 56.3. The van der Waals surface area contributed by atoms with Crippen LogP contribution in [0.15, 0.2) is 133 Å². The molecular weight excluding hydrogens is 1870 g/mol. The first-order valence-corrected chi connectivity index (χ1v) is 54.3. The van der Waals surface area contributed by atoms with Crippen molar-refractivity contribution in [2.75, 3.05) is 76.1 Å². The van der Waals surface area contributed by atoms with E-state index in [2.05, 4.69) is 109 Å². The van der Waals surface area contributed by atoms with Crippen molar-refractivity contribution < 1.29 is 73.5 Å². The highest BCUT2D eigenvalue weighted by atomic mass is 32.1. The number of fused-ring (bicyclic) bond motifs is 2. The summed E-state index contributed by atoms with van der Waals surface area (Å²) in [5, 5.41) is 66.6. The normalized spacial score (nSPS) is 17.8. The summed E-state index contributed by atoms with van der Waals surface area (Å²) in [5.74, 6) is -1.76. The summed E-state index contributed by atoms with van der Waals surface area (Å²) in [7, 11) is 0. The number of carbonyl (C=O) groups excluding carboxylic acids is 9. The predicted molar refractivity (Wildman–Crippen MR) is 564 cm³/mol. The number of ketones is 4. The number of unbranched alkanes of at least 4 members (excludes halogenated alkanes) is 14. The number of carbonyl (C=O) groups is 10. The number of aliphatic carboxylic acids is 1. The maximum Gasteiger partial charge on any atom is 0.303 e. The number of nitrogens with zero attached hydrogens (tertiary/aromatic N) is 11. The van der Waals surface area contributed by atoms with E-state index in [1.54, 1.807) is 34.8 Å². The molecule has 4 saturated heterocycles. The van der Waals surface area contributed by atoms with Crippen molar-refractivity contribution in [2.45, 2.75) is 323 Å². The standard InChI is InChI=1S/C56H76N8O7S.C35H51N3O6S.C21H27N5O2/c1-38-53(72-37-60-38)41-21-19-39(20-22-41)30-57-54(70)49-28-46(67)35-64(49)55(71)47(56(2,3)4)27-44(65)17-11-9-7-5-6-8-10-12-18-52(69)63-32-43(33-63)61-51-29-48(58-36-59-51)50(68)24-23-45(66)34-62-26-25-40-15-13-14-16-42(40)31-62;1-24-32(45-23-37-24)26-17-15-25(16-18-26)21-36-33(43)30-20-28(40)22-38(30)34(44)29(35(2,3)4)19-27(39)13-11-9-7-5-6-8-10-12-14-31(41)42;27-18(13-26-8-7-15-3-1-2-4-16(15)12-26)5-6-20(28)19-9-21(24-14-23-19)25-17-10-22-11-17/h13-16,19-22,29,36-37,43,45-47,49,66-67H,5-12,17-18,23-28,30-35H2,1-4H3,(H,57,70)(H,58,59,61);15-18,23,28-30,40H,5-14,19-22H2,1-4H3,(H,36,43)(H,41,42);1-4,9,14,17-18,22,27H,5-8,10-13H2,(H,23,24,25)/t45-,46+,47+,49-;28-,29-,30+;18-/m010/s1. The first kappa shape index (κ1) is 113. The Balaban J connectivity index is 0.000000216. The molecule has 4 fully saturated rings. The Morgan fingerprint density at radius 2 is 0.834 bits per heavy atom. The highest BCUT2D eigenvalue weighted by molar-refractivity contribution is 7.13. The van der Waals surface area contributed by atoms with Crippen molar-refractivity contribution in [2.24, 2.45) is 22.7 Å². The van der Waals surface area contributed by atoms with Crippen LogP contribution in [0.25, 0.3) is 20.9 Å². The van der Waals surface area contributed by atoms with E-state index in [0.29, 0.717) is 100 Å². The average Bonchev–Trinajstić information content (AvgIpc) is 1.67. The van der Waals surface area contributed by atoms with Gasteiger partial charge in [0.2, 0.25) is 29.5 Å². The van der Waals surface area contributed by atoms with Crippen LogP contribution >= 0.6 is 22.7 Å². The molecule has 10 heterocycles. The molecular formula is C112H154N16O15S2. The van der Waals surface area contributed by atoms with E-state index in [1.807, 2.05) is 126 Å². The molecule has 0 radical (unpaired) electrons. The van der Waals surface area contributed by atoms with Gasteiger partial charge in [0.1, 0.15) is 59.3 Å². The van der Waals surface area contributed by atoms with Crippen LogP contribution < -0.4 is 26.6 Å². The molecule has 0 unspecified atom stereocenters. The van der Waals surface area contributed by atoms with Gasteiger partial charge in [0.15, 0.2) is 11.6 Å². The number of aromatic nitrogens is 6. The van der Waals surface area contributed by atoms with E-state index in [4.69, 9.17) is 5.11 Å². The van der Waals surface area contributed by atoms with E-state index in [0.717, 1.165) is 198 Å². The van der Waals surface area contributed by atoms with Crippen LogP contribution in [0.3, 0.4) is 0 Å². The molecule has 14 rings (SSSR count). The number of hydrogen-bond donors (Lipinski definition) is 10. The number of likely N-dealkylation sites (tertiary alicyclic amines) is 3. The minimum atomic E-state index is -0.810. The highest BCUT2D eigenvalue weighted by Crippen LogP contribution is 2.38. The van der Waals surface area contributed by atoms with Crippen molar-refractivity contribution in [3.8, 4) is 20.9 Å². The zero-order valence-electron chi connectivity index (χ0n) is 86.1. The summed E-state index contributed by atoms with van der Waals surface area (Å²) < 4.78 is 0. The minimum Gasteiger partial charge on any atom is -0.481 e. The van der Waals surface area contributed by atoms with Gasteiger partial charge in [0, 0.05) is 180 Å². The molecule has 8 atom stereocenters. The lowest BCUT2D eigenvalue weighted by Crippen LogP contribution is -2.57. The number of Topliss-reactive ketones (excluding diaryl/α,β-unsaturated/α-hetero) is 4. The molecule has 784 valence electrons. The number of benzene rings is 4. The Labute approximate surface area is 863 Å². The number of hydrogen-bond acceptors (Lipinski definition) is 27. The van der Waals surface area contributed by atoms with Gasteiger partial charge in [0.25, 0.3) is 0 Å². The Morgan fingerprint density at radius 3 is 1.21 bits per heavy atom. The molecule has 5 amide bonds. The highest BCUT2D eigenvalue weighted by Gasteiger charge is 2.47. The van der Waals surface area contributed by atoms with Crippen molar-refractivity contribution in [1.82, 2.24) is 70.4 Å². The summed E-state index contributed by atoms with van der Waals surface area (Å²) in [4.78, 5) is 167. The maximum atomic E-state index is 14.1. The third-order valence-corrected chi connectivity index (χ3v) is 30.7. The van der Waals surface area contributed by atoms with E-state index in [1.165, 1.54) is 44.7 Å². The second-order valence-electron chi connectivity index (χ2n) is 42.5. The number of carboxylic acids is 1. The van der Waals surface area contributed by atoms with Gasteiger partial charge in [-0.2, -0.15) is 0 Å². The molecule has 145 heavy (non-hydrogen) atoms. The molecule has 4 aromatic heterocycles. The Kier molecular flexibility index (Phi) is 43.8. The number of carboxylic acid groups (broad SMARTS) is 1. The van der Waals surface area contributed by atoms with E-state index in [9.17, 15) is 68.4 Å². The lowest BCUT2D eigenvalue weighted by Gasteiger charge is -2.40. The summed E-state index contributed by atoms with van der Waals surface area (Å²) in [6.07, 6.45) is 20.8. The summed E-state index contributed by atoms with van der Waals surface area (Å²) in [6.45, 7) is 24.0. The molecule has 4 aromatic carbocycles. The van der Waals surface area contributed by atoms with Crippen LogP contribution in [0.2, 0.25) is 0 Å². The van der Waals surface area contributed by atoms with Crippen LogP contribution in [0, 0.1) is 36.5 Å². The van der Waals surface area contributed by atoms with Crippen LogP contribution in [0.4, 0.5) is 11.6 Å². The molecule has 0 bridgehead atoms. The van der Waals surface area contributed by atoms with Gasteiger partial charge in [-0.15, -0.1) is 22.7 Å². The first-order chi connectivity index (χ1) is 69.6. The molecule has 0 spiro atoms. The van der Waals surface area contributed by atoms with Gasteiger partial charge in [-0.25, -0.2) is 29.9 Å². The van der Waals surface area contributed by atoms with Crippen molar-refractivity contribution >= 4 is 92.9 Å². The van der Waals surface area contributed by atoms with Crippen molar-refractivity contribution in [3.63, 3.8) is 0 Å². The smallest absolute Gasteiger partial charge is 0.303 e. The number of nitrogens with one attached hydrogen (secondary N) is 5. The van der Waals surface area contributed by atoms with Crippen LogP contribution in [0.5, 0.6) is 0 Å². The Bertz CT molecular complexity index is 5540. The van der Waals surface area contributed by atoms with Gasteiger partial charge >= 0.3 is 5.97 Å². The lowest BCUT2D eigenvalue weighted by molar-refractivity contribution is -0.146. The number of aliphatic hydroxyl groups is 4. The van der Waals surface area contributed by atoms with Crippen molar-refractivity contribution in [3.05, 3.63) is 189 Å². The van der Waals surface area contributed by atoms with Crippen LogP contribution in [0.1, 0.15) is 287 Å². The van der Waals surface area contributed by atoms with E-state index >= 15 is 0 Å². The quantitative estimate of drug-likeness (QED) is 0.0125. The number of aryl methyl sites for hydroxylation is 2. The Hall–Kier alpha value is -10.9. The van der Waals surface area contributed by atoms with Gasteiger partial charge in [-0.1, -0.05) is 216 Å². The summed E-state index contributed by atoms with van der Waals surface area (Å²) in [5.41, 5.74) is 14.7. The minimum absolute atomic E-state index is 0.0454. The topological polar surface area (TPSA) is 426 Å². The largest absolute Gasteiger partial charge is 0.481 e. The Morgan fingerprint density at radius 1 is 0.455 bits per heavy atom. The zero-order chi connectivity index (χ0) is 104. The predicted octanol–water partition coefficient (Wildman–Crippen LogP) is 15.3. The molecule has 31 nitrogen and oxygen atoms in total. The fourth-order valence-electron chi connectivity index (χ4n) is 19.8. The van der Waals surface area contributed by atoms with Gasteiger partial charge < -0.3 is 66.8 Å². The molecule has 6 aliphatic rings. The SMILES string of the molecule is Cc1ncsc1-c1ccc(CNC(=O)[C@@H]2C[C@@H](O)CN2C(=O)[C@@H](CC(=O)CCCCCCCCCCC(=O)N2CC(Nc3cc(C(=O)CC[C@H](O)CN4CCc5ccccc5C4)ncn3)C2)C(C)(C)C)cc1.Cc1ncsc1-c1ccc(CNC(=O)[C@@H]2C[C@@H](O)CN2C(=O)[C@@H](CC(=O)CCCCCCCCCCC(=O)O)C(C)(C)C)cc1.O=C(CC[C@H](O)CN1CCc2ccccc2C1)c1cc(NC2CNC2)ncn1. The number of aliphatic hydroxyl groups excluding tert-OH is 4. The maximum absolute atomic E-state index is 14.1. The van der Waals surface area contributed by atoms with Crippen LogP contribution in [-0.2, 0) is 77.4 Å². The zero-order valence-corrected chi connectivity index (χ0v) is 87.8. The average molecular weight is 2030 g/mol. The second-order valence-corrected chi connectivity index (χ2v) is 44.2. The molecule has 8 aromatic rings. The van der Waals surface area contributed by atoms with Gasteiger partial charge in [0.05, 0.1) is 68.7 Å². The van der Waals surface area contributed by atoms with Crippen molar-refractivity contribution in [1.29, 1.82) is 0 Å². The number of rotatable bonds is 52. The fraction of sp³-hybridized carbons (Fsp3) is 0.571. The summed E-state index contributed by atoms with van der Waals surface area (Å²) >= 11 is 3.17. The molecule has 0 saturated carbocycles. The lowest BCUT2D eigenvalue weighted by atomic mass is 9.76. The molecule has 6 aliphatic heterocycles. The third kappa shape index (κ3) is 35.7. The fourth-order valence-corrected chi connectivity index (χ4v) is 21.4.